The van der Waals surface area contributed by atoms with E-state index in [0.29, 0.717) is 6.04 Å². The van der Waals surface area contributed by atoms with E-state index in [4.69, 9.17) is 0 Å². The van der Waals surface area contributed by atoms with Crippen LogP contribution in [0.5, 0.6) is 0 Å². The molecule has 0 amide bonds. The molecule has 1 heteroatoms. The molecular weight excluding hydrogens is 230 g/mol. The van der Waals surface area contributed by atoms with Gasteiger partial charge in [0.1, 0.15) is 0 Å². The highest BCUT2D eigenvalue weighted by atomic mass is 14.9. The fourth-order valence-electron chi connectivity index (χ4n) is 3.58. The van der Waals surface area contributed by atoms with E-state index in [9.17, 15) is 0 Å². The number of unbranched alkanes of at least 4 members (excludes halogenated alkanes) is 1. The van der Waals surface area contributed by atoms with E-state index in [-0.39, 0.29) is 0 Å². The number of benzene rings is 1. The quantitative estimate of drug-likeness (QED) is 0.723. The van der Waals surface area contributed by atoms with Crippen molar-refractivity contribution >= 4 is 0 Å². The van der Waals surface area contributed by atoms with Crippen molar-refractivity contribution in [3.05, 3.63) is 35.4 Å². The zero-order chi connectivity index (χ0) is 13.7. The minimum Gasteiger partial charge on any atom is -0.317 e. The van der Waals surface area contributed by atoms with Crippen LogP contribution in [-0.4, -0.2) is 13.1 Å². The summed E-state index contributed by atoms with van der Waals surface area (Å²) in [6, 6.07) is 9.65. The van der Waals surface area contributed by atoms with Gasteiger partial charge in [0.2, 0.25) is 0 Å². The monoisotopic (exact) mass is 259 g/mol. The second-order valence-electron chi connectivity index (χ2n) is 6.04. The third kappa shape index (κ3) is 3.39. The van der Waals surface area contributed by atoms with Gasteiger partial charge in [-0.3, -0.25) is 0 Å². The molecule has 1 aliphatic rings. The molecule has 0 bridgehead atoms. The van der Waals surface area contributed by atoms with E-state index in [1.54, 1.807) is 11.1 Å². The van der Waals surface area contributed by atoms with Crippen LogP contribution in [-0.2, 0) is 6.42 Å². The largest absolute Gasteiger partial charge is 0.317 e. The molecule has 0 saturated carbocycles. The first-order valence-electron chi connectivity index (χ1n) is 8.05. The van der Waals surface area contributed by atoms with Crippen LogP contribution in [0.4, 0.5) is 0 Å². The van der Waals surface area contributed by atoms with Crippen molar-refractivity contribution in [2.75, 3.05) is 7.05 Å². The second-order valence-corrected chi connectivity index (χ2v) is 6.04. The minimum atomic E-state index is 0.690. The first-order valence-corrected chi connectivity index (χ1v) is 8.05. The maximum atomic E-state index is 3.59. The summed E-state index contributed by atoms with van der Waals surface area (Å²) in [4.78, 5) is 0. The lowest BCUT2D eigenvalue weighted by Crippen LogP contribution is -2.37. The van der Waals surface area contributed by atoms with Crippen LogP contribution >= 0.6 is 0 Å². The van der Waals surface area contributed by atoms with E-state index in [2.05, 4.69) is 50.5 Å². The van der Waals surface area contributed by atoms with Crippen molar-refractivity contribution < 1.29 is 0 Å². The molecule has 1 N–H and O–H groups in total. The summed E-state index contributed by atoms with van der Waals surface area (Å²) in [5.74, 6) is 1.64. The highest BCUT2D eigenvalue weighted by Gasteiger charge is 2.29. The van der Waals surface area contributed by atoms with Gasteiger partial charge in [0.15, 0.2) is 0 Å². The van der Waals surface area contributed by atoms with E-state index in [1.807, 2.05) is 0 Å². The Morgan fingerprint density at radius 2 is 2.05 bits per heavy atom. The van der Waals surface area contributed by atoms with Gasteiger partial charge in [0.05, 0.1) is 0 Å². The van der Waals surface area contributed by atoms with Crippen molar-refractivity contribution in [3.63, 3.8) is 0 Å². The standard InChI is InChI=1S/C18H29N/c1-4-6-9-14(5-2)18(19-3)13-16-12-15-10-7-8-11-17(15)16/h7-8,10-11,14,16,18-19H,4-6,9,12-13H2,1-3H3. The first kappa shape index (κ1) is 14.6. The topological polar surface area (TPSA) is 12.0 Å². The van der Waals surface area contributed by atoms with Gasteiger partial charge in [0, 0.05) is 6.04 Å². The summed E-state index contributed by atoms with van der Waals surface area (Å²) >= 11 is 0. The summed E-state index contributed by atoms with van der Waals surface area (Å²) < 4.78 is 0. The molecule has 0 aliphatic heterocycles. The van der Waals surface area contributed by atoms with E-state index < -0.39 is 0 Å². The lowest BCUT2D eigenvalue weighted by molar-refractivity contribution is 0.294. The lowest BCUT2D eigenvalue weighted by Gasteiger charge is -2.36. The average Bonchev–Trinajstić information content (AvgIpc) is 2.42. The summed E-state index contributed by atoms with van der Waals surface area (Å²) in [7, 11) is 2.14. The van der Waals surface area contributed by atoms with Gasteiger partial charge in [-0.05, 0) is 49.3 Å². The van der Waals surface area contributed by atoms with Crippen LogP contribution in [0.25, 0.3) is 0 Å². The normalized spacial score (nSPS) is 20.5. The van der Waals surface area contributed by atoms with Crippen molar-refractivity contribution in [1.29, 1.82) is 0 Å². The van der Waals surface area contributed by atoms with Crippen molar-refractivity contribution in [1.82, 2.24) is 5.32 Å². The Bertz CT molecular complexity index is 385. The highest BCUT2D eigenvalue weighted by molar-refractivity contribution is 5.39. The average molecular weight is 259 g/mol. The molecule has 106 valence electrons. The van der Waals surface area contributed by atoms with E-state index >= 15 is 0 Å². The van der Waals surface area contributed by atoms with Gasteiger partial charge < -0.3 is 5.32 Å². The molecule has 1 nitrogen and oxygen atoms in total. The van der Waals surface area contributed by atoms with Gasteiger partial charge in [-0.15, -0.1) is 0 Å². The third-order valence-electron chi connectivity index (χ3n) is 4.89. The smallest absolute Gasteiger partial charge is 0.00981 e. The zero-order valence-corrected chi connectivity index (χ0v) is 12.8. The third-order valence-corrected chi connectivity index (χ3v) is 4.89. The number of fused-ring (bicyclic) bond motifs is 1. The Morgan fingerprint density at radius 3 is 2.68 bits per heavy atom. The van der Waals surface area contributed by atoms with Crippen LogP contribution in [0.1, 0.15) is 63.0 Å². The van der Waals surface area contributed by atoms with Crippen LogP contribution in [0, 0.1) is 5.92 Å². The molecular formula is C18H29N. The molecule has 0 aromatic heterocycles. The predicted molar refractivity (Wildman–Crippen MR) is 83.7 cm³/mol. The Balaban J connectivity index is 1.93. The summed E-state index contributed by atoms with van der Waals surface area (Å²) in [6.07, 6.45) is 7.98. The van der Waals surface area contributed by atoms with Crippen LogP contribution in [0.15, 0.2) is 24.3 Å². The summed E-state index contributed by atoms with van der Waals surface area (Å²) in [5, 5.41) is 3.59. The molecule has 0 radical (unpaired) electrons. The van der Waals surface area contributed by atoms with Crippen LogP contribution in [0.3, 0.4) is 0 Å². The molecule has 0 spiro atoms. The zero-order valence-electron chi connectivity index (χ0n) is 12.8. The summed E-state index contributed by atoms with van der Waals surface area (Å²) in [5.41, 5.74) is 3.18. The van der Waals surface area contributed by atoms with E-state index in [1.165, 1.54) is 38.5 Å². The Labute approximate surface area is 118 Å². The van der Waals surface area contributed by atoms with E-state index in [0.717, 1.165) is 11.8 Å². The number of hydrogen-bond donors (Lipinski definition) is 1. The Kier molecular flexibility index (Phi) is 5.45. The van der Waals surface area contributed by atoms with Crippen molar-refractivity contribution in [2.45, 2.75) is 64.3 Å². The first-order chi connectivity index (χ1) is 9.30. The maximum absolute atomic E-state index is 3.59. The number of hydrogen-bond acceptors (Lipinski definition) is 1. The minimum absolute atomic E-state index is 0.690. The molecule has 0 saturated heterocycles. The van der Waals surface area contributed by atoms with Gasteiger partial charge in [-0.1, -0.05) is 57.4 Å². The van der Waals surface area contributed by atoms with Crippen LogP contribution < -0.4 is 5.32 Å². The second kappa shape index (κ2) is 7.09. The fourth-order valence-corrected chi connectivity index (χ4v) is 3.58. The molecule has 1 aromatic carbocycles. The molecule has 3 atom stereocenters. The van der Waals surface area contributed by atoms with Gasteiger partial charge >= 0.3 is 0 Å². The van der Waals surface area contributed by atoms with Gasteiger partial charge in [-0.25, -0.2) is 0 Å². The molecule has 1 aliphatic carbocycles. The molecule has 2 rings (SSSR count). The van der Waals surface area contributed by atoms with Crippen LogP contribution in [0.2, 0.25) is 0 Å². The molecule has 1 aromatic rings. The van der Waals surface area contributed by atoms with Gasteiger partial charge in [-0.2, -0.15) is 0 Å². The predicted octanol–water partition coefficient (Wildman–Crippen LogP) is 4.52. The Morgan fingerprint density at radius 1 is 1.26 bits per heavy atom. The summed E-state index contributed by atoms with van der Waals surface area (Å²) in [6.45, 7) is 4.64. The van der Waals surface area contributed by atoms with Crippen molar-refractivity contribution in [2.24, 2.45) is 5.92 Å². The maximum Gasteiger partial charge on any atom is 0.00981 e. The highest BCUT2D eigenvalue weighted by Crippen LogP contribution is 2.39. The Hall–Kier alpha value is -0.820. The molecule has 19 heavy (non-hydrogen) atoms. The number of nitrogens with one attached hydrogen (secondary N) is 1. The SMILES string of the molecule is CCCCC(CC)C(CC1Cc2ccccc21)NC. The fraction of sp³-hybridized carbons (Fsp3) is 0.667. The van der Waals surface area contributed by atoms with Crippen molar-refractivity contribution in [3.8, 4) is 0 Å². The lowest BCUT2D eigenvalue weighted by atomic mass is 9.72. The molecule has 0 heterocycles. The molecule has 0 fully saturated rings. The van der Waals surface area contributed by atoms with Gasteiger partial charge in [0.25, 0.3) is 0 Å². The number of rotatable bonds is 8. The molecule has 3 unspecified atom stereocenters.